The van der Waals surface area contributed by atoms with Gasteiger partial charge in [-0.1, -0.05) is 25.8 Å². The first-order chi connectivity index (χ1) is 10.1. The maximum atomic E-state index is 10.6. The molecule has 0 bridgehead atoms. The molecule has 0 saturated carbocycles. The highest BCUT2D eigenvalue weighted by Crippen LogP contribution is 2.13. The minimum absolute atomic E-state index is 0.0277. The van der Waals surface area contributed by atoms with Crippen LogP contribution in [-0.4, -0.2) is 42.6 Å². The van der Waals surface area contributed by atoms with Crippen LogP contribution in [0, 0.1) is 6.92 Å². The van der Waals surface area contributed by atoms with Crippen LogP contribution in [0.5, 0.6) is 0 Å². The number of carboxylic acids is 2. The Morgan fingerprint density at radius 3 is 1.82 bits per heavy atom. The lowest BCUT2D eigenvalue weighted by Crippen LogP contribution is -2.06. The van der Waals surface area contributed by atoms with Crippen molar-refractivity contribution in [1.29, 1.82) is 0 Å². The molecule has 7 heteroatoms. The summed E-state index contributed by atoms with van der Waals surface area (Å²) in [5.41, 5.74) is 0.335. The molecule has 0 aliphatic heterocycles. The van der Waals surface area contributed by atoms with E-state index in [1.807, 2.05) is 0 Å². The molecule has 0 aromatic heterocycles. The van der Waals surface area contributed by atoms with Gasteiger partial charge in [-0.15, -0.1) is 0 Å². The summed E-state index contributed by atoms with van der Waals surface area (Å²) < 4.78 is 21.0. The maximum absolute atomic E-state index is 10.6. The van der Waals surface area contributed by atoms with Gasteiger partial charge in [0, 0.05) is 12.0 Å². The largest absolute Gasteiger partial charge is 0.478 e. The van der Waals surface area contributed by atoms with Gasteiger partial charge in [-0.05, 0) is 31.0 Å². The van der Waals surface area contributed by atoms with Crippen molar-refractivity contribution in [2.45, 2.75) is 33.1 Å². The van der Waals surface area contributed by atoms with Crippen LogP contribution in [0.2, 0.25) is 0 Å². The first-order valence-corrected chi connectivity index (χ1v) is 8.90. The molecule has 22 heavy (non-hydrogen) atoms. The van der Waals surface area contributed by atoms with Gasteiger partial charge < -0.3 is 10.2 Å². The lowest BCUT2D eigenvalue weighted by atomic mass is 10.0. The summed E-state index contributed by atoms with van der Waals surface area (Å²) in [5, 5.41) is 17.4. The van der Waals surface area contributed by atoms with Crippen LogP contribution in [-0.2, 0) is 9.84 Å². The van der Waals surface area contributed by atoms with Gasteiger partial charge in [-0.3, -0.25) is 0 Å². The fraction of sp³-hybridized carbons (Fsp3) is 0.467. The Bertz CT molecular complexity index is 587. The van der Waals surface area contributed by atoms with E-state index in [1.165, 1.54) is 31.4 Å². The second-order valence-electron chi connectivity index (χ2n) is 4.93. The average Bonchev–Trinajstić information content (AvgIpc) is 2.38. The van der Waals surface area contributed by atoms with Crippen LogP contribution in [0.1, 0.15) is 52.5 Å². The minimum Gasteiger partial charge on any atom is -0.478 e. The van der Waals surface area contributed by atoms with E-state index in [1.54, 1.807) is 0 Å². The molecule has 0 heterocycles. The fourth-order valence-electron chi connectivity index (χ4n) is 1.71. The Morgan fingerprint density at radius 1 is 1.05 bits per heavy atom. The van der Waals surface area contributed by atoms with E-state index in [0.29, 0.717) is 5.75 Å². The third-order valence-corrected chi connectivity index (χ3v) is 3.94. The summed E-state index contributed by atoms with van der Waals surface area (Å²) in [7, 11) is -2.70. The summed E-state index contributed by atoms with van der Waals surface area (Å²) in [6.07, 6.45) is 4.20. The van der Waals surface area contributed by atoms with Gasteiger partial charge in [0.25, 0.3) is 0 Å². The molecular formula is C15H22O6S. The van der Waals surface area contributed by atoms with Crippen LogP contribution >= 0.6 is 0 Å². The number of carbonyl (C=O) groups is 2. The van der Waals surface area contributed by atoms with Crippen molar-refractivity contribution in [1.82, 2.24) is 0 Å². The molecule has 2 N–H and O–H groups in total. The molecule has 0 spiro atoms. The average molecular weight is 330 g/mol. The van der Waals surface area contributed by atoms with Crippen LogP contribution < -0.4 is 0 Å². The molecule has 6 nitrogen and oxygen atoms in total. The lowest BCUT2D eigenvalue weighted by Gasteiger charge is -2.03. The summed E-state index contributed by atoms with van der Waals surface area (Å²) in [5.74, 6) is -1.87. The number of hydrogen-bond donors (Lipinski definition) is 2. The second kappa shape index (κ2) is 9.19. The first-order valence-electron chi connectivity index (χ1n) is 6.84. The molecule has 0 atom stereocenters. The molecule has 0 unspecified atom stereocenters. The highest BCUT2D eigenvalue weighted by molar-refractivity contribution is 7.90. The van der Waals surface area contributed by atoms with Gasteiger partial charge in [0.2, 0.25) is 0 Å². The molecule has 0 amide bonds. The van der Waals surface area contributed by atoms with Crippen molar-refractivity contribution >= 4 is 21.8 Å². The Hall–Kier alpha value is -1.89. The van der Waals surface area contributed by atoms with E-state index in [2.05, 4.69) is 6.92 Å². The van der Waals surface area contributed by atoms with Crippen LogP contribution in [0.15, 0.2) is 18.2 Å². The molecule has 0 aliphatic carbocycles. The van der Waals surface area contributed by atoms with E-state index in [4.69, 9.17) is 10.2 Å². The summed E-state index contributed by atoms with van der Waals surface area (Å²) >= 11 is 0. The standard InChI is InChI=1S/C9H8O4.C6H14O2S/c1-5-6(8(10)11)3-2-4-7(5)9(12)13;1-3-4-5-6-9(2,7)8/h2-4H,1H3,(H,10,11)(H,12,13);3-6H2,1-2H3. The Balaban J connectivity index is 0.000000433. The van der Waals surface area contributed by atoms with E-state index in [9.17, 15) is 18.0 Å². The topological polar surface area (TPSA) is 109 Å². The predicted octanol–water partition coefficient (Wildman–Crippen LogP) is 2.61. The second-order valence-corrected chi connectivity index (χ2v) is 7.19. The molecule has 1 aromatic carbocycles. The predicted molar refractivity (Wildman–Crippen MR) is 84.3 cm³/mol. The number of carboxylic acid groups (broad SMARTS) is 2. The Kier molecular flexibility index (Phi) is 8.40. The van der Waals surface area contributed by atoms with E-state index >= 15 is 0 Å². The quantitative estimate of drug-likeness (QED) is 0.776. The Labute approximate surface area is 130 Å². The molecular weight excluding hydrogens is 308 g/mol. The highest BCUT2D eigenvalue weighted by atomic mass is 32.2. The third kappa shape index (κ3) is 7.78. The summed E-state index contributed by atoms with van der Waals surface area (Å²) in [4.78, 5) is 21.2. The monoisotopic (exact) mass is 330 g/mol. The molecule has 0 fully saturated rings. The van der Waals surface area contributed by atoms with E-state index in [-0.39, 0.29) is 16.7 Å². The van der Waals surface area contributed by atoms with Gasteiger partial charge in [0.1, 0.15) is 9.84 Å². The zero-order valence-corrected chi connectivity index (χ0v) is 13.8. The first kappa shape index (κ1) is 20.1. The van der Waals surface area contributed by atoms with Crippen LogP contribution in [0.4, 0.5) is 0 Å². The number of aromatic carboxylic acids is 2. The van der Waals surface area contributed by atoms with Crippen molar-refractivity contribution in [2.24, 2.45) is 0 Å². The van der Waals surface area contributed by atoms with Crippen molar-refractivity contribution in [3.8, 4) is 0 Å². The molecule has 0 saturated heterocycles. The van der Waals surface area contributed by atoms with Gasteiger partial charge >= 0.3 is 11.9 Å². The third-order valence-electron chi connectivity index (χ3n) is 2.91. The number of hydrogen-bond acceptors (Lipinski definition) is 4. The molecule has 124 valence electrons. The van der Waals surface area contributed by atoms with Gasteiger partial charge in [-0.25, -0.2) is 18.0 Å². The molecule has 1 aromatic rings. The molecule has 0 aliphatic rings. The van der Waals surface area contributed by atoms with Gasteiger partial charge in [0.15, 0.2) is 0 Å². The van der Waals surface area contributed by atoms with Crippen molar-refractivity contribution < 1.29 is 28.2 Å². The Morgan fingerprint density at radius 2 is 1.50 bits per heavy atom. The zero-order valence-electron chi connectivity index (χ0n) is 13.0. The smallest absolute Gasteiger partial charge is 0.335 e. The lowest BCUT2D eigenvalue weighted by molar-refractivity contribution is 0.0696. The van der Waals surface area contributed by atoms with Crippen molar-refractivity contribution in [3.63, 3.8) is 0 Å². The van der Waals surface area contributed by atoms with Gasteiger partial charge in [0.05, 0.1) is 11.1 Å². The number of sulfone groups is 1. The summed E-state index contributed by atoms with van der Waals surface area (Å²) in [6.45, 7) is 3.54. The molecule has 1 rings (SSSR count). The summed E-state index contributed by atoms with van der Waals surface area (Å²) in [6, 6.07) is 4.17. The minimum atomic E-state index is -2.70. The van der Waals surface area contributed by atoms with E-state index in [0.717, 1.165) is 19.3 Å². The maximum Gasteiger partial charge on any atom is 0.335 e. The number of unbranched alkanes of at least 4 members (excludes halogenated alkanes) is 2. The number of benzene rings is 1. The normalized spacial score (nSPS) is 10.5. The highest BCUT2D eigenvalue weighted by Gasteiger charge is 2.13. The fourth-order valence-corrected chi connectivity index (χ4v) is 2.44. The van der Waals surface area contributed by atoms with Crippen molar-refractivity contribution in [2.75, 3.05) is 12.0 Å². The van der Waals surface area contributed by atoms with Crippen LogP contribution in [0.25, 0.3) is 0 Å². The molecule has 0 radical (unpaired) electrons. The van der Waals surface area contributed by atoms with Gasteiger partial charge in [-0.2, -0.15) is 0 Å². The van der Waals surface area contributed by atoms with Crippen molar-refractivity contribution in [3.05, 3.63) is 34.9 Å². The SMILES string of the molecule is CCCCCS(C)(=O)=O.Cc1c(C(=O)O)cccc1C(=O)O. The zero-order chi connectivity index (χ0) is 17.3. The van der Waals surface area contributed by atoms with E-state index < -0.39 is 21.8 Å². The van der Waals surface area contributed by atoms with Crippen LogP contribution in [0.3, 0.4) is 0 Å². The number of rotatable bonds is 6.